The number of amides is 1. The van der Waals surface area contributed by atoms with Crippen LogP contribution in [0, 0.1) is 11.8 Å². The van der Waals surface area contributed by atoms with E-state index in [9.17, 15) is 4.79 Å². The fourth-order valence-electron chi connectivity index (χ4n) is 2.71. The summed E-state index contributed by atoms with van der Waals surface area (Å²) in [5, 5.41) is 3.90. The van der Waals surface area contributed by atoms with Crippen molar-refractivity contribution in [1.82, 2.24) is 5.32 Å². The monoisotopic (exact) mass is 294 g/mol. The van der Waals surface area contributed by atoms with Gasteiger partial charge in [-0.3, -0.25) is 4.79 Å². The smallest absolute Gasteiger partial charge is 0.222 e. The average Bonchev–Trinajstić information content (AvgIpc) is 2.37. The summed E-state index contributed by atoms with van der Waals surface area (Å²) in [4.78, 5) is 14.2. The van der Waals surface area contributed by atoms with Crippen LogP contribution in [0.3, 0.4) is 0 Å². The zero-order valence-corrected chi connectivity index (χ0v) is 13.2. The molecule has 0 spiro atoms. The first-order valence-electron chi connectivity index (χ1n) is 7.26. The highest BCUT2D eigenvalue weighted by Gasteiger charge is 2.26. The van der Waals surface area contributed by atoms with E-state index in [2.05, 4.69) is 23.2 Å². The lowest BCUT2D eigenvalue weighted by Crippen LogP contribution is -2.51. The summed E-state index contributed by atoms with van der Waals surface area (Å²) in [5.74, 6) is 0.724. The summed E-state index contributed by atoms with van der Waals surface area (Å²) in [6.07, 6.45) is 1.04. The quantitative estimate of drug-likeness (QED) is 0.927. The fourth-order valence-corrected chi connectivity index (χ4v) is 2.89. The van der Waals surface area contributed by atoms with E-state index in [0.29, 0.717) is 5.92 Å². The van der Waals surface area contributed by atoms with Crippen molar-refractivity contribution in [2.75, 3.05) is 18.0 Å². The number of nitrogens with one attached hydrogen (secondary N) is 1. The highest BCUT2D eigenvalue weighted by atomic mass is 35.5. The minimum atomic E-state index is 0.0341. The van der Waals surface area contributed by atoms with Gasteiger partial charge in [-0.05, 0) is 30.5 Å². The van der Waals surface area contributed by atoms with Gasteiger partial charge in [0.05, 0.1) is 0 Å². The Labute approximate surface area is 126 Å². The van der Waals surface area contributed by atoms with Crippen LogP contribution in [0.15, 0.2) is 24.3 Å². The number of piperidine rings is 1. The van der Waals surface area contributed by atoms with Crippen molar-refractivity contribution in [3.05, 3.63) is 29.3 Å². The Morgan fingerprint density at radius 1 is 1.40 bits per heavy atom. The van der Waals surface area contributed by atoms with Gasteiger partial charge in [0.1, 0.15) is 0 Å². The number of hydrogen-bond acceptors (Lipinski definition) is 2. The number of anilines is 1. The molecule has 1 aliphatic rings. The largest absolute Gasteiger partial charge is 0.369 e. The summed E-state index contributed by atoms with van der Waals surface area (Å²) < 4.78 is 0. The predicted octanol–water partition coefficient (Wildman–Crippen LogP) is 3.33. The van der Waals surface area contributed by atoms with E-state index in [1.165, 1.54) is 0 Å². The number of nitrogens with zero attached hydrogens (tertiary/aromatic N) is 1. The van der Waals surface area contributed by atoms with Crippen molar-refractivity contribution in [3.63, 3.8) is 0 Å². The van der Waals surface area contributed by atoms with Crippen LogP contribution in [0.25, 0.3) is 0 Å². The number of hydrogen-bond donors (Lipinski definition) is 1. The maximum Gasteiger partial charge on any atom is 0.222 e. The first-order valence-corrected chi connectivity index (χ1v) is 7.64. The van der Waals surface area contributed by atoms with E-state index in [4.69, 9.17) is 11.6 Å². The summed E-state index contributed by atoms with van der Waals surface area (Å²) >= 11 is 6.07. The molecular formula is C16H23ClN2O. The predicted molar refractivity (Wildman–Crippen MR) is 84.2 cm³/mol. The van der Waals surface area contributed by atoms with Gasteiger partial charge in [0.2, 0.25) is 5.91 Å². The van der Waals surface area contributed by atoms with Crippen LogP contribution in [0.1, 0.15) is 27.2 Å². The number of benzene rings is 1. The summed E-state index contributed by atoms with van der Waals surface area (Å²) in [6.45, 7) is 7.94. The van der Waals surface area contributed by atoms with Crippen molar-refractivity contribution >= 4 is 23.2 Å². The fraction of sp³-hybridized carbons (Fsp3) is 0.562. The summed E-state index contributed by atoms with van der Waals surface area (Å²) in [6, 6.07) is 8.13. The molecule has 2 unspecified atom stereocenters. The summed E-state index contributed by atoms with van der Waals surface area (Å²) in [7, 11) is 0. The van der Waals surface area contributed by atoms with E-state index in [0.717, 1.165) is 30.2 Å². The van der Waals surface area contributed by atoms with E-state index in [1.807, 2.05) is 32.0 Å². The van der Waals surface area contributed by atoms with Crippen LogP contribution < -0.4 is 10.2 Å². The molecule has 1 fully saturated rings. The van der Waals surface area contributed by atoms with Crippen LogP contribution in [-0.2, 0) is 4.79 Å². The lowest BCUT2D eigenvalue weighted by Gasteiger charge is -2.38. The van der Waals surface area contributed by atoms with Crippen molar-refractivity contribution in [3.8, 4) is 0 Å². The molecule has 1 aromatic rings. The van der Waals surface area contributed by atoms with Gasteiger partial charge in [-0.1, -0.05) is 38.4 Å². The number of carbonyl (C=O) groups is 1. The molecule has 2 atom stereocenters. The third kappa shape index (κ3) is 3.89. The second-order valence-corrected chi connectivity index (χ2v) is 6.52. The second kappa shape index (κ2) is 6.49. The molecule has 0 aromatic heterocycles. The van der Waals surface area contributed by atoms with Gasteiger partial charge in [-0.2, -0.15) is 0 Å². The van der Waals surface area contributed by atoms with Crippen LogP contribution in [0.2, 0.25) is 5.02 Å². The Morgan fingerprint density at radius 3 is 2.80 bits per heavy atom. The molecule has 0 radical (unpaired) electrons. The van der Waals surface area contributed by atoms with Gasteiger partial charge in [0.25, 0.3) is 0 Å². The van der Waals surface area contributed by atoms with Crippen LogP contribution in [0.5, 0.6) is 0 Å². The Balaban J connectivity index is 2.06. The molecule has 1 amide bonds. The van der Waals surface area contributed by atoms with E-state index >= 15 is 0 Å². The van der Waals surface area contributed by atoms with Gasteiger partial charge in [0.15, 0.2) is 0 Å². The number of halogens is 1. The molecule has 1 saturated heterocycles. The third-order valence-corrected chi connectivity index (χ3v) is 3.94. The highest BCUT2D eigenvalue weighted by Crippen LogP contribution is 2.25. The standard InChI is InChI=1S/C16H23ClN2O/c1-11(2)16(20)18-14-7-12(3)9-19(10-14)15-6-4-5-13(17)8-15/h4-6,8,11-12,14H,7,9-10H2,1-3H3,(H,18,20). The third-order valence-electron chi connectivity index (χ3n) is 3.70. The lowest BCUT2D eigenvalue weighted by atomic mass is 9.95. The Kier molecular flexibility index (Phi) is 4.92. The molecule has 20 heavy (non-hydrogen) atoms. The zero-order chi connectivity index (χ0) is 14.7. The Hall–Kier alpha value is -1.22. The van der Waals surface area contributed by atoms with Crippen LogP contribution in [0.4, 0.5) is 5.69 Å². The normalized spacial score (nSPS) is 22.9. The first kappa shape index (κ1) is 15.2. The molecule has 3 nitrogen and oxygen atoms in total. The van der Waals surface area contributed by atoms with Crippen molar-refractivity contribution in [2.45, 2.75) is 33.2 Å². The number of rotatable bonds is 3. The summed E-state index contributed by atoms with van der Waals surface area (Å²) in [5.41, 5.74) is 1.13. The first-order chi connectivity index (χ1) is 9.45. The van der Waals surface area contributed by atoms with Crippen LogP contribution >= 0.6 is 11.6 Å². The number of carbonyl (C=O) groups excluding carboxylic acids is 1. The molecule has 1 heterocycles. The zero-order valence-electron chi connectivity index (χ0n) is 12.4. The molecule has 0 bridgehead atoms. The molecule has 0 aliphatic carbocycles. The minimum Gasteiger partial charge on any atom is -0.369 e. The van der Waals surface area contributed by atoms with E-state index in [1.54, 1.807) is 0 Å². The van der Waals surface area contributed by atoms with Crippen molar-refractivity contribution in [1.29, 1.82) is 0 Å². The van der Waals surface area contributed by atoms with Gasteiger partial charge >= 0.3 is 0 Å². The van der Waals surface area contributed by atoms with Crippen molar-refractivity contribution < 1.29 is 4.79 Å². The topological polar surface area (TPSA) is 32.3 Å². The molecule has 0 saturated carbocycles. The van der Waals surface area contributed by atoms with Crippen LogP contribution in [-0.4, -0.2) is 25.0 Å². The van der Waals surface area contributed by atoms with Crippen molar-refractivity contribution in [2.24, 2.45) is 11.8 Å². The minimum absolute atomic E-state index is 0.0341. The second-order valence-electron chi connectivity index (χ2n) is 6.09. The maximum absolute atomic E-state index is 11.9. The van der Waals surface area contributed by atoms with Gasteiger partial charge in [-0.25, -0.2) is 0 Å². The average molecular weight is 295 g/mol. The van der Waals surface area contributed by atoms with E-state index in [-0.39, 0.29) is 17.9 Å². The Morgan fingerprint density at radius 2 is 2.15 bits per heavy atom. The molecular weight excluding hydrogens is 272 g/mol. The lowest BCUT2D eigenvalue weighted by molar-refractivity contribution is -0.124. The molecule has 1 aliphatic heterocycles. The highest BCUT2D eigenvalue weighted by molar-refractivity contribution is 6.30. The van der Waals surface area contributed by atoms with Gasteiger partial charge in [-0.15, -0.1) is 0 Å². The maximum atomic E-state index is 11.9. The molecule has 1 aromatic carbocycles. The van der Waals surface area contributed by atoms with Gasteiger partial charge < -0.3 is 10.2 Å². The van der Waals surface area contributed by atoms with E-state index < -0.39 is 0 Å². The van der Waals surface area contributed by atoms with Gasteiger partial charge in [0, 0.05) is 35.8 Å². The molecule has 4 heteroatoms. The molecule has 2 rings (SSSR count). The molecule has 110 valence electrons. The SMILES string of the molecule is CC1CC(NC(=O)C(C)C)CN(c2cccc(Cl)c2)C1. The molecule has 1 N–H and O–H groups in total. The Bertz CT molecular complexity index is 475.